The van der Waals surface area contributed by atoms with Gasteiger partial charge < -0.3 is 9.80 Å². The summed E-state index contributed by atoms with van der Waals surface area (Å²) >= 11 is 0. The predicted octanol–water partition coefficient (Wildman–Crippen LogP) is 0.432. The second-order valence-electron chi connectivity index (χ2n) is 4.67. The molecule has 1 aromatic heterocycles. The van der Waals surface area contributed by atoms with Gasteiger partial charge in [-0.15, -0.1) is 0 Å². The van der Waals surface area contributed by atoms with Crippen molar-refractivity contribution < 1.29 is 4.39 Å². The number of nitrogens with zero attached hydrogens (tertiary/aromatic N) is 4. The zero-order valence-corrected chi connectivity index (χ0v) is 10.7. The quantitative estimate of drug-likeness (QED) is 0.589. The number of hydrogen-bond donors (Lipinski definition) is 2. The van der Waals surface area contributed by atoms with Crippen LogP contribution < -0.4 is 16.2 Å². The topological polar surface area (TPSA) is 70.3 Å². The third kappa shape index (κ3) is 2.68. The molecule has 2 rings (SSSR count). The van der Waals surface area contributed by atoms with Crippen molar-refractivity contribution >= 4 is 11.8 Å². The third-order valence-electron chi connectivity index (χ3n) is 3.17. The summed E-state index contributed by atoms with van der Waals surface area (Å²) in [6.07, 6.45) is 2.13. The van der Waals surface area contributed by atoms with Crippen LogP contribution in [0.3, 0.4) is 0 Å². The van der Waals surface area contributed by atoms with E-state index in [0.717, 1.165) is 32.3 Å². The summed E-state index contributed by atoms with van der Waals surface area (Å²) in [6, 6.07) is 0.201. The van der Waals surface area contributed by atoms with E-state index >= 15 is 0 Å². The van der Waals surface area contributed by atoms with Crippen molar-refractivity contribution in [2.45, 2.75) is 19.4 Å². The largest absolute Gasteiger partial charge is 0.350 e. The molecule has 0 saturated carbocycles. The molecule has 2 heterocycles. The van der Waals surface area contributed by atoms with Crippen molar-refractivity contribution in [1.29, 1.82) is 0 Å². The van der Waals surface area contributed by atoms with E-state index in [-0.39, 0.29) is 12.0 Å². The number of hydrogen-bond acceptors (Lipinski definition) is 6. The molecule has 0 radical (unpaired) electrons. The highest BCUT2D eigenvalue weighted by Gasteiger charge is 2.23. The lowest BCUT2D eigenvalue weighted by atomic mass is 10.2. The fourth-order valence-corrected chi connectivity index (χ4v) is 2.32. The van der Waals surface area contributed by atoms with E-state index in [0.29, 0.717) is 5.82 Å². The van der Waals surface area contributed by atoms with E-state index in [1.54, 1.807) is 0 Å². The minimum absolute atomic E-state index is 0.201. The minimum Gasteiger partial charge on any atom is -0.350 e. The summed E-state index contributed by atoms with van der Waals surface area (Å²) in [5.41, 5.74) is 2.35. The molecule has 7 heteroatoms. The van der Waals surface area contributed by atoms with Gasteiger partial charge in [0.25, 0.3) is 0 Å². The highest BCUT2D eigenvalue weighted by molar-refractivity contribution is 5.44. The van der Waals surface area contributed by atoms with Crippen molar-refractivity contribution in [2.24, 2.45) is 5.84 Å². The molecule has 1 aromatic rings. The minimum atomic E-state index is -0.412. The van der Waals surface area contributed by atoms with E-state index in [1.165, 1.54) is 0 Å². The molecule has 1 saturated heterocycles. The predicted molar refractivity (Wildman–Crippen MR) is 68.7 cm³/mol. The van der Waals surface area contributed by atoms with Gasteiger partial charge in [0.1, 0.15) is 0 Å². The number of likely N-dealkylation sites (N-methyl/N-ethyl adjacent to an activating group) is 1. The Morgan fingerprint density at radius 2 is 2.28 bits per heavy atom. The number of aromatic nitrogens is 2. The van der Waals surface area contributed by atoms with Crippen LogP contribution in [0.25, 0.3) is 0 Å². The number of hydrazine groups is 1. The van der Waals surface area contributed by atoms with Gasteiger partial charge in [-0.1, -0.05) is 0 Å². The van der Waals surface area contributed by atoms with Gasteiger partial charge >= 0.3 is 0 Å². The summed E-state index contributed by atoms with van der Waals surface area (Å²) in [6.45, 7) is 4.74. The lowest BCUT2D eigenvalue weighted by Crippen LogP contribution is -2.39. The molecular weight excluding hydrogens is 235 g/mol. The number of anilines is 2. The second-order valence-corrected chi connectivity index (χ2v) is 4.67. The molecule has 6 nitrogen and oxygen atoms in total. The average Bonchev–Trinajstić information content (AvgIpc) is 2.51. The number of nitrogen functional groups attached to an aromatic ring is 1. The maximum atomic E-state index is 13.8. The summed E-state index contributed by atoms with van der Waals surface area (Å²) in [5, 5.41) is 0. The van der Waals surface area contributed by atoms with Crippen LogP contribution in [0.15, 0.2) is 6.20 Å². The molecule has 3 N–H and O–H groups in total. The smallest absolute Gasteiger partial charge is 0.239 e. The number of nitrogens with two attached hydrogens (primary N) is 1. The molecule has 0 bridgehead atoms. The monoisotopic (exact) mass is 254 g/mol. The Hall–Kier alpha value is -1.47. The van der Waals surface area contributed by atoms with Gasteiger partial charge in [0.2, 0.25) is 5.95 Å². The summed E-state index contributed by atoms with van der Waals surface area (Å²) in [4.78, 5) is 12.1. The second kappa shape index (κ2) is 5.45. The Morgan fingerprint density at radius 1 is 1.50 bits per heavy atom. The first-order valence-electron chi connectivity index (χ1n) is 6.06. The first kappa shape index (κ1) is 13.0. The van der Waals surface area contributed by atoms with Crippen LogP contribution in [0.1, 0.15) is 13.3 Å². The van der Waals surface area contributed by atoms with Crippen LogP contribution >= 0.6 is 0 Å². The van der Waals surface area contributed by atoms with Crippen molar-refractivity contribution in [3.8, 4) is 0 Å². The Kier molecular flexibility index (Phi) is 3.93. The zero-order valence-electron chi connectivity index (χ0n) is 10.7. The summed E-state index contributed by atoms with van der Waals surface area (Å²) in [5.74, 6) is 5.40. The lowest BCUT2D eigenvalue weighted by molar-refractivity contribution is 0.336. The van der Waals surface area contributed by atoms with Gasteiger partial charge in [0.05, 0.1) is 6.20 Å². The van der Waals surface area contributed by atoms with E-state index in [2.05, 4.69) is 34.3 Å². The van der Waals surface area contributed by atoms with Crippen molar-refractivity contribution in [1.82, 2.24) is 14.9 Å². The number of nitrogens with one attached hydrogen (secondary N) is 1. The van der Waals surface area contributed by atoms with Crippen molar-refractivity contribution in [2.75, 3.05) is 37.0 Å². The van der Waals surface area contributed by atoms with Gasteiger partial charge in [-0.3, -0.25) is 5.43 Å². The van der Waals surface area contributed by atoms with Crippen LogP contribution in [-0.4, -0.2) is 47.6 Å². The Balaban J connectivity index is 2.28. The number of rotatable bonds is 2. The van der Waals surface area contributed by atoms with Crippen LogP contribution in [0.2, 0.25) is 0 Å². The Bertz CT molecular complexity index is 413. The normalized spacial score (nSPS) is 21.8. The van der Waals surface area contributed by atoms with E-state index < -0.39 is 5.82 Å². The zero-order chi connectivity index (χ0) is 13.1. The fourth-order valence-electron chi connectivity index (χ4n) is 2.32. The fraction of sp³-hybridized carbons (Fsp3) is 0.636. The lowest BCUT2D eigenvalue weighted by Gasteiger charge is -2.29. The van der Waals surface area contributed by atoms with E-state index in [1.807, 2.05) is 4.90 Å². The molecular formula is C11H19FN6. The van der Waals surface area contributed by atoms with E-state index in [4.69, 9.17) is 5.84 Å². The van der Waals surface area contributed by atoms with E-state index in [9.17, 15) is 4.39 Å². The molecule has 1 fully saturated rings. The van der Waals surface area contributed by atoms with Gasteiger partial charge in [-0.2, -0.15) is 4.98 Å². The Morgan fingerprint density at radius 3 is 3.00 bits per heavy atom. The first-order chi connectivity index (χ1) is 8.61. The highest BCUT2D eigenvalue weighted by atomic mass is 19.1. The molecule has 100 valence electrons. The molecule has 0 aromatic carbocycles. The summed E-state index contributed by atoms with van der Waals surface area (Å²) < 4.78 is 13.8. The van der Waals surface area contributed by atoms with Crippen LogP contribution in [0.5, 0.6) is 0 Å². The maximum absolute atomic E-state index is 13.8. The molecule has 0 amide bonds. The maximum Gasteiger partial charge on any atom is 0.239 e. The van der Waals surface area contributed by atoms with Gasteiger partial charge in [0, 0.05) is 19.1 Å². The number of halogens is 1. The Labute approximate surface area is 106 Å². The van der Waals surface area contributed by atoms with Crippen LogP contribution in [0.4, 0.5) is 16.2 Å². The molecule has 1 atom stereocenters. The van der Waals surface area contributed by atoms with Crippen LogP contribution in [-0.2, 0) is 0 Å². The molecule has 0 aliphatic carbocycles. The standard InChI is InChI=1S/C11H19FN6/c1-8-7-17(2)4-3-5-18(8)10-9(12)6-14-11(15-10)16-13/h6,8H,3-5,7,13H2,1-2H3,(H,14,15,16). The highest BCUT2D eigenvalue weighted by Crippen LogP contribution is 2.21. The SMILES string of the molecule is CC1CN(C)CCCN1c1nc(NN)ncc1F. The van der Waals surface area contributed by atoms with Gasteiger partial charge in [-0.05, 0) is 26.9 Å². The van der Waals surface area contributed by atoms with Crippen molar-refractivity contribution in [3.05, 3.63) is 12.0 Å². The van der Waals surface area contributed by atoms with Crippen LogP contribution in [0, 0.1) is 5.82 Å². The summed E-state index contributed by atoms with van der Waals surface area (Å²) in [7, 11) is 2.07. The van der Waals surface area contributed by atoms with Gasteiger partial charge in [-0.25, -0.2) is 15.2 Å². The molecule has 1 aliphatic rings. The molecule has 1 unspecified atom stereocenters. The average molecular weight is 254 g/mol. The first-order valence-corrected chi connectivity index (χ1v) is 6.06. The van der Waals surface area contributed by atoms with Crippen molar-refractivity contribution in [3.63, 3.8) is 0 Å². The van der Waals surface area contributed by atoms with Gasteiger partial charge in [0.15, 0.2) is 11.6 Å². The molecule has 1 aliphatic heterocycles. The molecule has 18 heavy (non-hydrogen) atoms. The molecule has 0 spiro atoms. The third-order valence-corrected chi connectivity index (χ3v) is 3.17.